The monoisotopic (exact) mass is 176 g/mol. The van der Waals surface area contributed by atoms with Crippen LogP contribution in [0.25, 0.3) is 0 Å². The minimum Gasteiger partial charge on any atom is -0.381 e. The van der Waals surface area contributed by atoms with E-state index in [-0.39, 0.29) is 5.82 Å². The van der Waals surface area contributed by atoms with E-state index in [9.17, 15) is 8.78 Å². The van der Waals surface area contributed by atoms with Gasteiger partial charge in [-0.2, -0.15) is 8.78 Å². The topological polar surface area (TPSA) is 52.0 Å². The fraction of sp³-hybridized carbons (Fsp3) is 0.571. The molecule has 0 aromatic carbocycles. The van der Waals surface area contributed by atoms with Gasteiger partial charge in [-0.3, -0.25) is 0 Å². The molecule has 0 amide bonds. The van der Waals surface area contributed by atoms with Gasteiger partial charge in [0.1, 0.15) is 0 Å². The smallest absolute Gasteiger partial charge is 0.305 e. The lowest BCUT2D eigenvalue weighted by Crippen LogP contribution is -2.08. The molecule has 0 saturated carbocycles. The molecule has 0 bridgehead atoms. The Morgan fingerprint density at radius 3 is 2.50 bits per heavy atom. The van der Waals surface area contributed by atoms with Crippen LogP contribution in [0.2, 0.25) is 0 Å². The van der Waals surface area contributed by atoms with Gasteiger partial charge in [0.05, 0.1) is 0 Å². The van der Waals surface area contributed by atoms with Gasteiger partial charge in [0.15, 0.2) is 5.82 Å². The van der Waals surface area contributed by atoms with E-state index in [4.69, 9.17) is 5.73 Å². The van der Waals surface area contributed by atoms with Gasteiger partial charge in [0, 0.05) is 12.5 Å². The summed E-state index contributed by atoms with van der Waals surface area (Å²) in [6.07, 6.45) is 0.397. The Kier molecular flexibility index (Phi) is 2.04. The van der Waals surface area contributed by atoms with Crippen molar-refractivity contribution in [2.45, 2.75) is 26.2 Å². The van der Waals surface area contributed by atoms with Crippen molar-refractivity contribution in [1.29, 1.82) is 0 Å². The van der Waals surface area contributed by atoms with E-state index in [1.807, 2.05) is 0 Å². The van der Waals surface area contributed by atoms with Crippen LogP contribution in [0.15, 0.2) is 4.52 Å². The number of halogens is 2. The van der Waals surface area contributed by atoms with Gasteiger partial charge in [-0.05, 0) is 6.42 Å². The first kappa shape index (κ1) is 8.96. The third kappa shape index (κ3) is 1.39. The Morgan fingerprint density at radius 2 is 2.17 bits per heavy atom. The molecule has 1 aromatic rings. The van der Waals surface area contributed by atoms with Crippen LogP contribution in [0.3, 0.4) is 0 Å². The lowest BCUT2D eigenvalue weighted by Gasteiger charge is -2.06. The first-order valence-electron chi connectivity index (χ1n) is 3.59. The molecule has 3 nitrogen and oxygen atoms in total. The zero-order valence-electron chi connectivity index (χ0n) is 6.90. The standard InChI is InChI=1S/C7H10F2N2O/c1-3-4-5(7(2,8)9)12-11-6(4)10/h3H2,1-2H3,(H2,10,11). The van der Waals surface area contributed by atoms with Crippen molar-refractivity contribution >= 4 is 5.82 Å². The van der Waals surface area contributed by atoms with E-state index >= 15 is 0 Å². The van der Waals surface area contributed by atoms with Crippen LogP contribution in [-0.4, -0.2) is 5.16 Å². The third-order valence-electron chi connectivity index (χ3n) is 1.57. The first-order valence-corrected chi connectivity index (χ1v) is 3.59. The fourth-order valence-corrected chi connectivity index (χ4v) is 1.01. The Morgan fingerprint density at radius 1 is 1.58 bits per heavy atom. The van der Waals surface area contributed by atoms with Crippen molar-refractivity contribution in [2.75, 3.05) is 5.73 Å². The second-order valence-electron chi connectivity index (χ2n) is 2.62. The summed E-state index contributed by atoms with van der Waals surface area (Å²) in [6, 6.07) is 0. The van der Waals surface area contributed by atoms with Gasteiger partial charge in [0.25, 0.3) is 0 Å². The maximum absolute atomic E-state index is 12.7. The van der Waals surface area contributed by atoms with E-state index < -0.39 is 11.7 Å². The SMILES string of the molecule is CCc1c(N)noc1C(C)(F)F. The number of hydrogen-bond acceptors (Lipinski definition) is 3. The molecule has 0 fully saturated rings. The quantitative estimate of drug-likeness (QED) is 0.749. The Bertz CT molecular complexity index is 277. The maximum Gasteiger partial charge on any atom is 0.305 e. The average Bonchev–Trinajstić information content (AvgIpc) is 2.29. The largest absolute Gasteiger partial charge is 0.381 e. The van der Waals surface area contributed by atoms with Gasteiger partial charge in [-0.1, -0.05) is 12.1 Å². The molecule has 0 unspecified atom stereocenters. The number of alkyl halides is 2. The van der Waals surface area contributed by atoms with E-state index in [2.05, 4.69) is 9.68 Å². The second kappa shape index (κ2) is 2.73. The van der Waals surface area contributed by atoms with Crippen molar-refractivity contribution < 1.29 is 13.3 Å². The predicted octanol–water partition coefficient (Wildman–Crippen LogP) is 1.93. The molecule has 0 aliphatic heterocycles. The van der Waals surface area contributed by atoms with Gasteiger partial charge < -0.3 is 10.3 Å². The fourth-order valence-electron chi connectivity index (χ4n) is 1.01. The van der Waals surface area contributed by atoms with E-state index in [1.165, 1.54) is 0 Å². The molecule has 0 saturated heterocycles. The molecule has 1 aromatic heterocycles. The van der Waals surface area contributed by atoms with Crippen LogP contribution < -0.4 is 5.73 Å². The summed E-state index contributed by atoms with van der Waals surface area (Å²) >= 11 is 0. The Balaban J connectivity index is 3.16. The summed E-state index contributed by atoms with van der Waals surface area (Å²) < 4.78 is 29.9. The Labute approximate surface area is 68.5 Å². The van der Waals surface area contributed by atoms with Crippen LogP contribution in [0.4, 0.5) is 14.6 Å². The summed E-state index contributed by atoms with van der Waals surface area (Å²) in [6.45, 7) is 2.48. The second-order valence-corrected chi connectivity index (χ2v) is 2.62. The van der Waals surface area contributed by atoms with E-state index in [0.29, 0.717) is 12.0 Å². The van der Waals surface area contributed by atoms with Crippen LogP contribution in [0, 0.1) is 0 Å². The summed E-state index contributed by atoms with van der Waals surface area (Å²) in [5, 5.41) is 3.28. The summed E-state index contributed by atoms with van der Waals surface area (Å²) in [5.74, 6) is -3.38. The highest BCUT2D eigenvalue weighted by Gasteiger charge is 2.33. The number of nitrogen functional groups attached to an aromatic ring is 1. The molecule has 0 aliphatic rings. The van der Waals surface area contributed by atoms with Gasteiger partial charge in [0.2, 0.25) is 5.76 Å². The molecule has 1 heterocycles. The molecule has 0 atom stereocenters. The molecule has 68 valence electrons. The van der Waals surface area contributed by atoms with Crippen molar-refractivity contribution in [3.05, 3.63) is 11.3 Å². The van der Waals surface area contributed by atoms with Crippen molar-refractivity contribution in [3.8, 4) is 0 Å². The molecule has 2 N–H and O–H groups in total. The highest BCUT2D eigenvalue weighted by Crippen LogP contribution is 2.32. The number of nitrogens with two attached hydrogens (primary N) is 1. The summed E-state index contributed by atoms with van der Waals surface area (Å²) in [5.41, 5.74) is 5.60. The zero-order chi connectivity index (χ0) is 9.35. The highest BCUT2D eigenvalue weighted by molar-refractivity contribution is 5.41. The molecular formula is C7H10F2N2O. The van der Waals surface area contributed by atoms with Crippen LogP contribution in [-0.2, 0) is 12.3 Å². The normalized spacial score (nSPS) is 12.0. The van der Waals surface area contributed by atoms with Gasteiger partial charge in [-0.15, -0.1) is 0 Å². The Hall–Kier alpha value is -1.13. The van der Waals surface area contributed by atoms with Crippen molar-refractivity contribution in [3.63, 3.8) is 0 Å². The molecule has 5 heteroatoms. The van der Waals surface area contributed by atoms with Crippen LogP contribution in [0.1, 0.15) is 25.2 Å². The van der Waals surface area contributed by atoms with Gasteiger partial charge >= 0.3 is 5.92 Å². The minimum atomic E-state index is -3.00. The van der Waals surface area contributed by atoms with Crippen LogP contribution in [0.5, 0.6) is 0 Å². The summed E-state index contributed by atoms with van der Waals surface area (Å²) in [7, 11) is 0. The average molecular weight is 176 g/mol. The van der Waals surface area contributed by atoms with Crippen LogP contribution >= 0.6 is 0 Å². The number of nitrogens with zero attached hydrogens (tertiary/aromatic N) is 1. The van der Waals surface area contributed by atoms with E-state index in [1.54, 1.807) is 6.92 Å². The lowest BCUT2D eigenvalue weighted by molar-refractivity contribution is -0.0114. The number of rotatable bonds is 2. The van der Waals surface area contributed by atoms with Crippen molar-refractivity contribution in [1.82, 2.24) is 5.16 Å². The molecular weight excluding hydrogens is 166 g/mol. The molecule has 12 heavy (non-hydrogen) atoms. The highest BCUT2D eigenvalue weighted by atomic mass is 19.3. The molecule has 0 spiro atoms. The minimum absolute atomic E-state index is 0.0500. The third-order valence-corrected chi connectivity index (χ3v) is 1.57. The van der Waals surface area contributed by atoms with E-state index in [0.717, 1.165) is 6.92 Å². The maximum atomic E-state index is 12.7. The molecule has 0 aliphatic carbocycles. The number of hydrogen-bond donors (Lipinski definition) is 1. The molecule has 1 rings (SSSR count). The number of anilines is 1. The zero-order valence-corrected chi connectivity index (χ0v) is 6.90. The van der Waals surface area contributed by atoms with Gasteiger partial charge in [-0.25, -0.2) is 0 Å². The van der Waals surface area contributed by atoms with Crippen molar-refractivity contribution in [2.24, 2.45) is 0 Å². The first-order chi connectivity index (χ1) is 5.46. The number of aromatic nitrogens is 1. The lowest BCUT2D eigenvalue weighted by atomic mass is 10.1. The summed E-state index contributed by atoms with van der Waals surface area (Å²) in [4.78, 5) is 0. The predicted molar refractivity (Wildman–Crippen MR) is 39.9 cm³/mol. The molecule has 0 radical (unpaired) electrons.